The van der Waals surface area contributed by atoms with Gasteiger partial charge in [0.1, 0.15) is 18.1 Å². The normalized spacial score (nSPS) is 19.8. The average Bonchev–Trinajstić information content (AvgIpc) is 2.97. The SMILES string of the molecule is COc1ccc(C2(C(=O)OCc3cn(C)nn3)CC3(CCC3)C2)cc1. The Morgan fingerprint density at radius 2 is 1.96 bits per heavy atom. The van der Waals surface area contributed by atoms with Crippen LogP contribution in [0.2, 0.25) is 0 Å². The van der Waals surface area contributed by atoms with Crippen LogP contribution >= 0.6 is 0 Å². The number of aryl methyl sites for hydroxylation is 1. The number of hydrogen-bond acceptors (Lipinski definition) is 5. The lowest BCUT2D eigenvalue weighted by atomic mass is 9.44. The number of carbonyl (C=O) groups excluding carboxylic acids is 1. The van der Waals surface area contributed by atoms with E-state index in [1.54, 1.807) is 25.0 Å². The van der Waals surface area contributed by atoms with Crippen LogP contribution in [0, 0.1) is 5.41 Å². The number of hydrogen-bond donors (Lipinski definition) is 0. The molecule has 1 aromatic heterocycles. The maximum absolute atomic E-state index is 13.0. The molecular weight excluding hydrogens is 318 g/mol. The van der Waals surface area contributed by atoms with Crippen LogP contribution in [0.5, 0.6) is 5.75 Å². The van der Waals surface area contributed by atoms with Crippen LogP contribution in [0.1, 0.15) is 43.4 Å². The largest absolute Gasteiger partial charge is 0.497 e. The number of rotatable bonds is 5. The fourth-order valence-corrected chi connectivity index (χ4v) is 4.37. The monoisotopic (exact) mass is 341 g/mol. The summed E-state index contributed by atoms with van der Waals surface area (Å²) in [4.78, 5) is 13.0. The van der Waals surface area contributed by atoms with Crippen molar-refractivity contribution >= 4 is 5.97 Å². The van der Waals surface area contributed by atoms with E-state index in [9.17, 15) is 4.79 Å². The van der Waals surface area contributed by atoms with Crippen LogP contribution in [-0.4, -0.2) is 28.1 Å². The highest BCUT2D eigenvalue weighted by Crippen LogP contribution is 2.65. The van der Waals surface area contributed by atoms with E-state index < -0.39 is 5.41 Å². The van der Waals surface area contributed by atoms with Crippen LogP contribution in [0.25, 0.3) is 0 Å². The number of benzene rings is 1. The van der Waals surface area contributed by atoms with Crippen LogP contribution in [0.15, 0.2) is 30.5 Å². The van der Waals surface area contributed by atoms with E-state index >= 15 is 0 Å². The summed E-state index contributed by atoms with van der Waals surface area (Å²) in [6, 6.07) is 7.82. The third-order valence-electron chi connectivity index (χ3n) is 5.80. The summed E-state index contributed by atoms with van der Waals surface area (Å²) in [6.07, 6.45) is 7.25. The number of carbonyl (C=O) groups is 1. The van der Waals surface area contributed by atoms with Crippen LogP contribution in [0.3, 0.4) is 0 Å². The molecule has 0 bridgehead atoms. The Labute approximate surface area is 147 Å². The smallest absolute Gasteiger partial charge is 0.316 e. The molecule has 0 saturated heterocycles. The van der Waals surface area contributed by atoms with Crippen molar-refractivity contribution in [1.82, 2.24) is 15.0 Å². The van der Waals surface area contributed by atoms with Gasteiger partial charge in [-0.1, -0.05) is 23.8 Å². The lowest BCUT2D eigenvalue weighted by molar-refractivity contribution is -0.168. The molecular formula is C19H23N3O3. The molecule has 0 atom stereocenters. The molecule has 2 aliphatic carbocycles. The second kappa shape index (κ2) is 5.86. The fourth-order valence-electron chi connectivity index (χ4n) is 4.37. The highest BCUT2D eigenvalue weighted by molar-refractivity contribution is 5.85. The number of ether oxygens (including phenoxy) is 2. The Morgan fingerprint density at radius 3 is 2.48 bits per heavy atom. The minimum Gasteiger partial charge on any atom is -0.497 e. The molecule has 6 heteroatoms. The van der Waals surface area contributed by atoms with Gasteiger partial charge in [0.05, 0.1) is 18.7 Å². The van der Waals surface area contributed by atoms with Gasteiger partial charge in [-0.15, -0.1) is 5.10 Å². The molecule has 0 aliphatic heterocycles. The predicted octanol–water partition coefficient (Wildman–Crippen LogP) is 2.77. The first-order chi connectivity index (χ1) is 12.1. The van der Waals surface area contributed by atoms with Crippen molar-refractivity contribution in [3.05, 3.63) is 41.7 Å². The van der Waals surface area contributed by atoms with Crippen molar-refractivity contribution in [2.75, 3.05) is 7.11 Å². The molecule has 4 rings (SSSR count). The third kappa shape index (κ3) is 2.69. The minimum absolute atomic E-state index is 0.152. The molecule has 1 spiro atoms. The standard InChI is InChI=1S/C19H23N3O3/c1-22-10-15(20-21-22)11-25-17(23)19(12-18(13-19)8-3-9-18)14-4-6-16(24-2)7-5-14/h4-7,10H,3,8-9,11-13H2,1-2H3. The van der Waals surface area contributed by atoms with E-state index in [2.05, 4.69) is 10.3 Å². The van der Waals surface area contributed by atoms with E-state index in [0.717, 1.165) is 24.2 Å². The molecule has 6 nitrogen and oxygen atoms in total. The molecule has 0 radical (unpaired) electrons. The summed E-state index contributed by atoms with van der Waals surface area (Å²) in [6.45, 7) is 0.164. The van der Waals surface area contributed by atoms with Gasteiger partial charge in [-0.2, -0.15) is 0 Å². The zero-order valence-corrected chi connectivity index (χ0v) is 14.7. The maximum atomic E-state index is 13.0. The molecule has 0 amide bonds. The summed E-state index contributed by atoms with van der Waals surface area (Å²) in [5.41, 5.74) is 1.51. The van der Waals surface area contributed by atoms with Crippen LogP contribution < -0.4 is 4.74 Å². The highest BCUT2D eigenvalue weighted by atomic mass is 16.5. The van der Waals surface area contributed by atoms with Gasteiger partial charge < -0.3 is 9.47 Å². The minimum atomic E-state index is -0.533. The van der Waals surface area contributed by atoms with E-state index in [4.69, 9.17) is 9.47 Å². The molecule has 132 valence electrons. The Bertz CT molecular complexity index is 769. The second-order valence-corrected chi connectivity index (χ2v) is 7.48. The van der Waals surface area contributed by atoms with Gasteiger partial charge in [0.25, 0.3) is 0 Å². The van der Waals surface area contributed by atoms with Crippen LogP contribution in [0.4, 0.5) is 0 Å². The molecule has 1 heterocycles. The average molecular weight is 341 g/mol. The van der Waals surface area contributed by atoms with Gasteiger partial charge in [-0.05, 0) is 48.8 Å². The topological polar surface area (TPSA) is 66.2 Å². The second-order valence-electron chi connectivity index (χ2n) is 7.48. The van der Waals surface area contributed by atoms with Crippen molar-refractivity contribution in [3.8, 4) is 5.75 Å². The molecule has 2 fully saturated rings. The molecule has 2 aliphatic rings. The molecule has 2 aromatic rings. The quantitative estimate of drug-likeness (QED) is 0.783. The van der Waals surface area contributed by atoms with Gasteiger partial charge >= 0.3 is 5.97 Å². The summed E-state index contributed by atoms with van der Waals surface area (Å²) < 4.78 is 12.5. The van der Waals surface area contributed by atoms with Gasteiger partial charge in [0.2, 0.25) is 0 Å². The summed E-state index contributed by atoms with van der Waals surface area (Å²) in [5, 5.41) is 7.86. The van der Waals surface area contributed by atoms with Crippen molar-refractivity contribution in [3.63, 3.8) is 0 Å². The van der Waals surface area contributed by atoms with Gasteiger partial charge in [-0.25, -0.2) is 0 Å². The van der Waals surface area contributed by atoms with E-state index in [1.807, 2.05) is 24.3 Å². The van der Waals surface area contributed by atoms with Crippen molar-refractivity contribution < 1.29 is 14.3 Å². The summed E-state index contributed by atoms with van der Waals surface area (Å²) >= 11 is 0. The predicted molar refractivity (Wildman–Crippen MR) is 91.0 cm³/mol. The van der Waals surface area contributed by atoms with Gasteiger partial charge in [0, 0.05) is 7.05 Å². The lowest BCUT2D eigenvalue weighted by Gasteiger charge is -2.59. The first-order valence-corrected chi connectivity index (χ1v) is 8.72. The Kier molecular flexibility index (Phi) is 3.78. The van der Waals surface area contributed by atoms with E-state index in [0.29, 0.717) is 11.1 Å². The van der Waals surface area contributed by atoms with Crippen molar-refractivity contribution in [1.29, 1.82) is 0 Å². The Morgan fingerprint density at radius 1 is 1.24 bits per heavy atom. The maximum Gasteiger partial charge on any atom is 0.316 e. The molecule has 25 heavy (non-hydrogen) atoms. The van der Waals surface area contributed by atoms with Crippen LogP contribution in [-0.2, 0) is 28.6 Å². The van der Waals surface area contributed by atoms with Gasteiger partial charge in [0.15, 0.2) is 0 Å². The van der Waals surface area contributed by atoms with E-state index in [1.165, 1.54) is 19.3 Å². The number of aromatic nitrogens is 3. The van der Waals surface area contributed by atoms with Crippen molar-refractivity contribution in [2.24, 2.45) is 12.5 Å². The first kappa shape index (κ1) is 16.1. The molecule has 0 N–H and O–H groups in total. The number of esters is 1. The molecule has 0 unspecified atom stereocenters. The van der Waals surface area contributed by atoms with E-state index in [-0.39, 0.29) is 12.6 Å². The third-order valence-corrected chi connectivity index (χ3v) is 5.80. The Balaban J connectivity index is 1.53. The highest BCUT2D eigenvalue weighted by Gasteiger charge is 2.62. The fraction of sp³-hybridized carbons (Fsp3) is 0.526. The summed E-state index contributed by atoms with van der Waals surface area (Å²) in [5.74, 6) is 0.644. The zero-order chi connectivity index (χ0) is 17.5. The van der Waals surface area contributed by atoms with Gasteiger partial charge in [-0.3, -0.25) is 9.48 Å². The summed E-state index contributed by atoms with van der Waals surface area (Å²) in [7, 11) is 3.44. The first-order valence-electron chi connectivity index (χ1n) is 8.72. The van der Waals surface area contributed by atoms with Crippen molar-refractivity contribution in [2.45, 2.75) is 44.1 Å². The number of nitrogens with zero attached hydrogens (tertiary/aromatic N) is 3. The molecule has 2 saturated carbocycles. The lowest BCUT2D eigenvalue weighted by Crippen LogP contribution is -2.57. The molecule has 1 aromatic carbocycles. The zero-order valence-electron chi connectivity index (χ0n) is 14.7. The Hall–Kier alpha value is -2.37. The number of methoxy groups -OCH3 is 1.